The largest absolute Gasteiger partial charge is 0.496 e. The molecule has 0 spiro atoms. The Morgan fingerprint density at radius 2 is 1.59 bits per heavy atom. The second-order valence-electron chi connectivity index (χ2n) is 7.72. The van der Waals surface area contributed by atoms with E-state index in [4.69, 9.17) is 9.47 Å². The third-order valence-electron chi connectivity index (χ3n) is 5.28. The number of carbonyl (C=O) groups excluding carboxylic acids is 1. The van der Waals surface area contributed by atoms with Gasteiger partial charge in [0.05, 0.1) is 18.6 Å². The number of rotatable bonds is 10. The van der Waals surface area contributed by atoms with E-state index in [0.29, 0.717) is 29.9 Å². The number of nitrogens with one attached hydrogen (secondary N) is 1. The fraction of sp³-hybridized carbons (Fsp3) is 0.231. The lowest BCUT2D eigenvalue weighted by Gasteiger charge is -2.14. The zero-order chi connectivity index (χ0) is 24.7. The van der Waals surface area contributed by atoms with Crippen molar-refractivity contribution in [2.75, 3.05) is 7.11 Å². The van der Waals surface area contributed by atoms with Crippen LogP contribution in [0.5, 0.6) is 17.2 Å². The van der Waals surface area contributed by atoms with Gasteiger partial charge >= 0.3 is 5.97 Å². The molecule has 0 aromatic heterocycles. The summed E-state index contributed by atoms with van der Waals surface area (Å²) in [4.78, 5) is 24.2. The molecular formula is C26H25F2NO5. The maximum Gasteiger partial charge on any atom is 0.306 e. The van der Waals surface area contributed by atoms with E-state index < -0.39 is 23.5 Å². The summed E-state index contributed by atoms with van der Waals surface area (Å²) in [6.45, 7) is 2.02. The van der Waals surface area contributed by atoms with Crippen LogP contribution in [-0.4, -0.2) is 24.1 Å². The van der Waals surface area contributed by atoms with Crippen LogP contribution in [-0.2, 0) is 17.8 Å². The second kappa shape index (κ2) is 11.3. The fourth-order valence-corrected chi connectivity index (χ4v) is 3.43. The first-order chi connectivity index (χ1) is 16.3. The first-order valence-electron chi connectivity index (χ1n) is 10.7. The van der Waals surface area contributed by atoms with E-state index in [-0.39, 0.29) is 18.2 Å². The predicted octanol–water partition coefficient (Wildman–Crippen LogP) is 5.35. The van der Waals surface area contributed by atoms with Gasteiger partial charge in [-0.15, -0.1) is 0 Å². The van der Waals surface area contributed by atoms with Crippen molar-refractivity contribution < 1.29 is 33.0 Å². The molecule has 0 aliphatic heterocycles. The second-order valence-corrected chi connectivity index (χ2v) is 7.72. The minimum absolute atomic E-state index is 0.0405. The van der Waals surface area contributed by atoms with Crippen LogP contribution in [0.3, 0.4) is 0 Å². The maximum atomic E-state index is 13.3. The highest BCUT2D eigenvalue weighted by Gasteiger charge is 2.18. The van der Waals surface area contributed by atoms with E-state index in [1.165, 1.54) is 7.11 Å². The summed E-state index contributed by atoms with van der Waals surface area (Å²) in [7, 11) is 1.46. The van der Waals surface area contributed by atoms with E-state index in [9.17, 15) is 23.5 Å². The quantitative estimate of drug-likeness (QED) is 0.418. The molecule has 0 saturated carbocycles. The predicted molar refractivity (Wildman–Crippen MR) is 122 cm³/mol. The molecule has 0 unspecified atom stereocenters. The van der Waals surface area contributed by atoms with Gasteiger partial charge in [-0.25, -0.2) is 8.78 Å². The monoisotopic (exact) mass is 469 g/mol. The summed E-state index contributed by atoms with van der Waals surface area (Å²) >= 11 is 0. The van der Waals surface area contributed by atoms with Gasteiger partial charge in [0.2, 0.25) is 0 Å². The molecule has 34 heavy (non-hydrogen) atoms. The number of aliphatic carboxylic acids is 1. The number of benzene rings is 3. The number of methoxy groups -OCH3 is 1. The molecule has 0 aliphatic rings. The average molecular weight is 469 g/mol. The van der Waals surface area contributed by atoms with Crippen molar-refractivity contribution in [1.29, 1.82) is 0 Å². The van der Waals surface area contributed by atoms with Gasteiger partial charge in [-0.1, -0.05) is 25.1 Å². The van der Waals surface area contributed by atoms with Crippen LogP contribution < -0.4 is 14.8 Å². The average Bonchev–Trinajstić information content (AvgIpc) is 2.81. The maximum absolute atomic E-state index is 13.3. The Morgan fingerprint density at radius 1 is 0.941 bits per heavy atom. The highest BCUT2D eigenvalue weighted by atomic mass is 19.1. The summed E-state index contributed by atoms with van der Waals surface area (Å²) in [6.07, 6.45) is 0.795. The number of carbonyl (C=O) groups is 2. The highest BCUT2D eigenvalue weighted by Crippen LogP contribution is 2.25. The molecule has 178 valence electrons. The molecule has 0 saturated heterocycles. The third kappa shape index (κ3) is 6.54. The molecule has 0 radical (unpaired) electrons. The summed E-state index contributed by atoms with van der Waals surface area (Å²) in [5, 5.41) is 12.1. The molecule has 6 nitrogen and oxygen atoms in total. The number of amides is 1. The van der Waals surface area contributed by atoms with Gasteiger partial charge in [0.1, 0.15) is 28.9 Å². The lowest BCUT2D eigenvalue weighted by Crippen LogP contribution is -2.24. The standard InChI is InChI=1S/C26H25F2NO5/c1-3-18(26(31)32)10-17-6-9-24(33-2)23(11-17)25(30)29-15-16-4-7-21(8-5-16)34-22-13-19(27)12-20(28)14-22/h4-9,11-14,18H,3,10,15H2,1-2H3,(H,29,30)(H,31,32)/t18-/m0/s1. The SMILES string of the molecule is CC[C@@H](Cc1ccc(OC)c(C(=O)NCc2ccc(Oc3cc(F)cc(F)c3)cc2)c1)C(=O)O. The lowest BCUT2D eigenvalue weighted by molar-refractivity contribution is -0.141. The zero-order valence-electron chi connectivity index (χ0n) is 18.8. The normalized spacial score (nSPS) is 11.5. The van der Waals surface area contributed by atoms with Crippen LogP contribution in [0.2, 0.25) is 0 Å². The Hall–Kier alpha value is -3.94. The summed E-state index contributed by atoms with van der Waals surface area (Å²) in [5.41, 5.74) is 1.82. The van der Waals surface area contributed by atoms with E-state index >= 15 is 0 Å². The number of ether oxygens (including phenoxy) is 2. The van der Waals surface area contributed by atoms with Crippen LogP contribution in [0, 0.1) is 17.6 Å². The van der Waals surface area contributed by atoms with E-state index in [2.05, 4.69) is 5.32 Å². The Kier molecular flexibility index (Phi) is 8.19. The van der Waals surface area contributed by atoms with Gasteiger partial charge in [0.15, 0.2) is 0 Å². The lowest BCUT2D eigenvalue weighted by atomic mass is 9.95. The Bertz CT molecular complexity index is 1140. The van der Waals surface area contributed by atoms with Crippen molar-refractivity contribution in [3.05, 3.63) is 89.0 Å². The topological polar surface area (TPSA) is 84.9 Å². The first kappa shape index (κ1) is 24.7. The minimum atomic E-state index is -0.876. The van der Waals surface area contributed by atoms with Gasteiger partial charge < -0.3 is 19.9 Å². The molecule has 3 rings (SSSR count). The number of hydrogen-bond acceptors (Lipinski definition) is 4. The van der Waals surface area contributed by atoms with Gasteiger partial charge in [-0.05, 0) is 48.2 Å². The van der Waals surface area contributed by atoms with Crippen LogP contribution in [0.15, 0.2) is 60.7 Å². The summed E-state index contributed by atoms with van der Waals surface area (Å²) in [6, 6.07) is 14.7. The Balaban J connectivity index is 1.65. The summed E-state index contributed by atoms with van der Waals surface area (Å²) in [5.74, 6) is -2.43. The van der Waals surface area contributed by atoms with Crippen molar-refractivity contribution >= 4 is 11.9 Å². The molecule has 0 aliphatic carbocycles. The molecule has 0 fully saturated rings. The van der Waals surface area contributed by atoms with Crippen LogP contribution in [0.1, 0.15) is 34.8 Å². The van der Waals surface area contributed by atoms with E-state index in [0.717, 1.165) is 29.3 Å². The van der Waals surface area contributed by atoms with E-state index in [1.807, 2.05) is 6.92 Å². The molecule has 1 atom stereocenters. The van der Waals surface area contributed by atoms with Crippen molar-refractivity contribution in [2.45, 2.75) is 26.3 Å². The van der Waals surface area contributed by atoms with Gasteiger partial charge in [-0.2, -0.15) is 0 Å². The molecule has 2 N–H and O–H groups in total. The van der Waals surface area contributed by atoms with Gasteiger partial charge in [0, 0.05) is 24.7 Å². The first-order valence-corrected chi connectivity index (χ1v) is 10.7. The number of hydrogen-bond donors (Lipinski definition) is 2. The third-order valence-corrected chi connectivity index (χ3v) is 5.28. The van der Waals surface area contributed by atoms with Crippen molar-refractivity contribution in [3.63, 3.8) is 0 Å². The van der Waals surface area contributed by atoms with Crippen LogP contribution in [0.4, 0.5) is 8.78 Å². The molecule has 0 bridgehead atoms. The van der Waals surface area contributed by atoms with E-state index in [1.54, 1.807) is 42.5 Å². The zero-order valence-corrected chi connectivity index (χ0v) is 18.8. The minimum Gasteiger partial charge on any atom is -0.496 e. The molecular weight excluding hydrogens is 444 g/mol. The summed E-state index contributed by atoms with van der Waals surface area (Å²) < 4.78 is 37.4. The molecule has 3 aromatic rings. The van der Waals surface area contributed by atoms with Gasteiger partial charge in [0.25, 0.3) is 5.91 Å². The van der Waals surface area contributed by atoms with Crippen molar-refractivity contribution in [1.82, 2.24) is 5.32 Å². The smallest absolute Gasteiger partial charge is 0.306 e. The molecule has 8 heteroatoms. The fourth-order valence-electron chi connectivity index (χ4n) is 3.43. The highest BCUT2D eigenvalue weighted by molar-refractivity contribution is 5.97. The Labute approximate surface area is 196 Å². The number of halogens is 2. The van der Waals surface area contributed by atoms with Crippen LogP contribution >= 0.6 is 0 Å². The molecule has 0 heterocycles. The van der Waals surface area contributed by atoms with Crippen molar-refractivity contribution in [3.8, 4) is 17.2 Å². The van der Waals surface area contributed by atoms with Crippen LogP contribution in [0.25, 0.3) is 0 Å². The van der Waals surface area contributed by atoms with Gasteiger partial charge in [-0.3, -0.25) is 9.59 Å². The molecule has 3 aromatic carbocycles. The van der Waals surface area contributed by atoms with Crippen molar-refractivity contribution in [2.24, 2.45) is 5.92 Å². The number of carboxylic acids is 1. The molecule has 1 amide bonds. The number of carboxylic acid groups (broad SMARTS) is 1. The Morgan fingerprint density at radius 3 is 2.18 bits per heavy atom.